The molecule has 14 heteroatoms. The normalized spacial score (nSPS) is 13.0. The van der Waals surface area contributed by atoms with E-state index in [9.17, 15) is 14.7 Å². The number of nitrogens with two attached hydrogens (primary N) is 1. The molecular formula is C41H51N7O7. The number of fused-ring (bicyclic) bond motifs is 1. The van der Waals surface area contributed by atoms with E-state index in [1.165, 1.54) is 6.20 Å². The maximum absolute atomic E-state index is 12.9. The lowest BCUT2D eigenvalue weighted by molar-refractivity contribution is -0.123. The third kappa shape index (κ3) is 13.5. The molecule has 292 valence electrons. The van der Waals surface area contributed by atoms with Crippen molar-refractivity contribution in [3.05, 3.63) is 103 Å². The highest BCUT2D eigenvalue weighted by Gasteiger charge is 2.22. The predicted molar refractivity (Wildman–Crippen MR) is 210 cm³/mol. The van der Waals surface area contributed by atoms with Gasteiger partial charge in [-0.1, -0.05) is 44.2 Å². The molecular weight excluding hydrogens is 702 g/mol. The highest BCUT2D eigenvalue weighted by molar-refractivity contribution is 6.03. The SMILES string of the molecule is CC(C)CC[C@H](NC[C@@H](O)[C@H](N)Cc1ccccc1)C(=O)NCCOCCOCCOc1ccc(C(=O)Nc2ccc3oc(-c4cccnc4)nc3c2)nc1. The van der Waals surface area contributed by atoms with Gasteiger partial charge < -0.3 is 45.4 Å². The van der Waals surface area contributed by atoms with Crippen molar-refractivity contribution in [2.45, 2.75) is 51.3 Å². The molecule has 0 fully saturated rings. The van der Waals surface area contributed by atoms with Crippen LogP contribution in [0.2, 0.25) is 0 Å². The van der Waals surface area contributed by atoms with Crippen LogP contribution in [0.5, 0.6) is 5.75 Å². The summed E-state index contributed by atoms with van der Waals surface area (Å²) < 4.78 is 22.7. The first kappa shape index (κ1) is 40.9. The number of aliphatic hydroxyl groups is 1. The van der Waals surface area contributed by atoms with E-state index >= 15 is 0 Å². The van der Waals surface area contributed by atoms with Gasteiger partial charge in [-0.05, 0) is 73.2 Å². The van der Waals surface area contributed by atoms with E-state index in [2.05, 4.69) is 44.7 Å². The van der Waals surface area contributed by atoms with E-state index in [0.717, 1.165) is 17.5 Å². The minimum absolute atomic E-state index is 0.134. The minimum Gasteiger partial charge on any atom is -0.490 e. The number of aromatic nitrogens is 3. The molecule has 5 aromatic rings. The van der Waals surface area contributed by atoms with Gasteiger partial charge in [0.1, 0.15) is 23.6 Å². The van der Waals surface area contributed by atoms with Crippen LogP contribution in [0, 0.1) is 5.92 Å². The molecule has 0 saturated carbocycles. The molecule has 3 atom stereocenters. The second-order valence-corrected chi connectivity index (χ2v) is 13.5. The monoisotopic (exact) mass is 753 g/mol. The fourth-order valence-corrected chi connectivity index (χ4v) is 5.59. The summed E-state index contributed by atoms with van der Waals surface area (Å²) in [5.41, 5.74) is 10.0. The van der Waals surface area contributed by atoms with Gasteiger partial charge in [-0.2, -0.15) is 0 Å². The van der Waals surface area contributed by atoms with Crippen LogP contribution in [0.4, 0.5) is 5.69 Å². The molecule has 3 aromatic heterocycles. The number of carbonyl (C=O) groups excluding carboxylic acids is 2. The van der Waals surface area contributed by atoms with Gasteiger partial charge in [-0.15, -0.1) is 0 Å². The van der Waals surface area contributed by atoms with E-state index in [0.29, 0.717) is 86.8 Å². The lowest BCUT2D eigenvalue weighted by Crippen LogP contribution is -2.50. The number of nitrogens with zero attached hydrogens (tertiary/aromatic N) is 3. The number of benzene rings is 2. The summed E-state index contributed by atoms with van der Waals surface area (Å²) in [5, 5.41) is 19.6. The smallest absolute Gasteiger partial charge is 0.274 e. The molecule has 0 spiro atoms. The minimum atomic E-state index is -0.790. The van der Waals surface area contributed by atoms with Crippen molar-refractivity contribution in [3.8, 4) is 17.2 Å². The number of hydrogen-bond donors (Lipinski definition) is 5. The number of anilines is 1. The lowest BCUT2D eigenvalue weighted by Gasteiger charge is -2.24. The Bertz CT molecular complexity index is 1890. The maximum atomic E-state index is 12.9. The van der Waals surface area contributed by atoms with Crippen molar-refractivity contribution in [1.29, 1.82) is 0 Å². The summed E-state index contributed by atoms with van der Waals surface area (Å²) in [6, 6.07) is 21.1. The molecule has 0 aliphatic carbocycles. The number of carbonyl (C=O) groups is 2. The molecule has 0 aliphatic rings. The van der Waals surface area contributed by atoms with Gasteiger partial charge in [-0.3, -0.25) is 14.6 Å². The van der Waals surface area contributed by atoms with Gasteiger partial charge in [0.2, 0.25) is 11.8 Å². The Labute approximate surface area is 321 Å². The molecule has 0 unspecified atom stereocenters. The molecule has 0 aliphatic heterocycles. The molecule has 55 heavy (non-hydrogen) atoms. The number of rotatable bonds is 23. The molecule has 2 amide bonds. The summed E-state index contributed by atoms with van der Waals surface area (Å²) in [6.07, 6.45) is 6.12. The second kappa shape index (κ2) is 21.6. The fraction of sp³-hybridized carbons (Fsp3) is 0.390. The van der Waals surface area contributed by atoms with Crippen molar-refractivity contribution < 1.29 is 33.3 Å². The molecule has 0 bridgehead atoms. The van der Waals surface area contributed by atoms with Crippen LogP contribution in [0.25, 0.3) is 22.6 Å². The van der Waals surface area contributed by atoms with Gasteiger partial charge in [-0.25, -0.2) is 9.97 Å². The largest absolute Gasteiger partial charge is 0.490 e. The summed E-state index contributed by atoms with van der Waals surface area (Å²) in [4.78, 5) is 38.6. The van der Waals surface area contributed by atoms with Crippen LogP contribution >= 0.6 is 0 Å². The molecule has 6 N–H and O–H groups in total. The molecule has 5 rings (SSSR count). The third-order valence-corrected chi connectivity index (χ3v) is 8.67. The zero-order chi connectivity index (χ0) is 38.8. The van der Waals surface area contributed by atoms with Crippen LogP contribution in [0.15, 0.2) is 95.8 Å². The van der Waals surface area contributed by atoms with Crippen molar-refractivity contribution in [2.24, 2.45) is 11.7 Å². The molecule has 14 nitrogen and oxygen atoms in total. The number of ether oxygens (including phenoxy) is 3. The zero-order valence-corrected chi connectivity index (χ0v) is 31.4. The Morgan fingerprint density at radius 1 is 0.909 bits per heavy atom. The highest BCUT2D eigenvalue weighted by Crippen LogP contribution is 2.26. The van der Waals surface area contributed by atoms with Gasteiger partial charge in [0.15, 0.2) is 5.58 Å². The number of pyridine rings is 2. The highest BCUT2D eigenvalue weighted by atomic mass is 16.5. The summed E-state index contributed by atoms with van der Waals surface area (Å²) in [7, 11) is 0. The second-order valence-electron chi connectivity index (χ2n) is 13.5. The average molecular weight is 754 g/mol. The number of amides is 2. The fourth-order valence-electron chi connectivity index (χ4n) is 5.59. The number of oxazole rings is 1. The Hall–Kier alpha value is -5.25. The Kier molecular flexibility index (Phi) is 16.1. The van der Waals surface area contributed by atoms with Crippen molar-refractivity contribution in [2.75, 3.05) is 51.4 Å². The molecule has 2 aromatic carbocycles. The topological polar surface area (TPSA) is 196 Å². The molecule has 3 heterocycles. The summed E-state index contributed by atoms with van der Waals surface area (Å²) in [5.74, 6) is 0.888. The number of hydrogen-bond acceptors (Lipinski definition) is 12. The van der Waals surface area contributed by atoms with Gasteiger partial charge in [0.05, 0.1) is 50.3 Å². The van der Waals surface area contributed by atoms with Gasteiger partial charge in [0.25, 0.3) is 5.91 Å². The molecule has 0 saturated heterocycles. The van der Waals surface area contributed by atoms with E-state index in [4.69, 9.17) is 24.4 Å². The van der Waals surface area contributed by atoms with E-state index < -0.39 is 18.2 Å². The van der Waals surface area contributed by atoms with Crippen LogP contribution in [0.3, 0.4) is 0 Å². The zero-order valence-electron chi connectivity index (χ0n) is 31.4. The maximum Gasteiger partial charge on any atom is 0.274 e. The Balaban J connectivity index is 0.923. The first-order valence-electron chi connectivity index (χ1n) is 18.6. The van der Waals surface area contributed by atoms with E-state index in [1.54, 1.807) is 42.7 Å². The van der Waals surface area contributed by atoms with E-state index in [1.807, 2.05) is 42.5 Å². The third-order valence-electron chi connectivity index (χ3n) is 8.67. The van der Waals surface area contributed by atoms with Crippen LogP contribution < -0.4 is 26.4 Å². The summed E-state index contributed by atoms with van der Waals surface area (Å²) >= 11 is 0. The summed E-state index contributed by atoms with van der Waals surface area (Å²) in [6.45, 7) is 6.48. The quantitative estimate of drug-likeness (QED) is 0.0592. The van der Waals surface area contributed by atoms with Crippen LogP contribution in [-0.2, 0) is 20.7 Å². The van der Waals surface area contributed by atoms with Crippen LogP contribution in [-0.4, -0.2) is 96.2 Å². The van der Waals surface area contributed by atoms with E-state index in [-0.39, 0.29) is 24.1 Å². The average Bonchev–Trinajstić information content (AvgIpc) is 3.63. The van der Waals surface area contributed by atoms with Crippen molar-refractivity contribution >= 4 is 28.6 Å². The molecule has 0 radical (unpaired) electrons. The lowest BCUT2D eigenvalue weighted by atomic mass is 10.0. The Morgan fingerprint density at radius 2 is 1.71 bits per heavy atom. The number of aliphatic hydroxyl groups excluding tert-OH is 1. The van der Waals surface area contributed by atoms with Crippen molar-refractivity contribution in [3.63, 3.8) is 0 Å². The van der Waals surface area contributed by atoms with Crippen LogP contribution in [0.1, 0.15) is 42.7 Å². The Morgan fingerprint density at radius 3 is 2.45 bits per heavy atom. The number of nitrogens with one attached hydrogen (secondary N) is 3. The van der Waals surface area contributed by atoms with Gasteiger partial charge >= 0.3 is 0 Å². The van der Waals surface area contributed by atoms with Crippen molar-refractivity contribution in [1.82, 2.24) is 25.6 Å². The first-order valence-corrected chi connectivity index (χ1v) is 18.6. The van der Waals surface area contributed by atoms with Gasteiger partial charge in [0, 0.05) is 37.2 Å². The predicted octanol–water partition coefficient (Wildman–Crippen LogP) is 4.39. The standard InChI is InChI=1S/C41H51N7O7/c1-28(2)10-13-34(46-27-37(49)33(42)23-29-7-4-3-5-8-29)39(50)44-17-18-52-19-20-53-21-22-54-32-12-14-35(45-26-32)40(51)47-31-11-15-38-36(24-31)48-41(55-38)30-9-6-16-43-25-30/h3-9,11-12,14-16,24-26,28,33-34,37,46,49H,10,13,17-23,27,42H2,1-2H3,(H,44,50)(H,47,51)/t33-,34+,37-/m1/s1. The first-order chi connectivity index (χ1) is 26.7.